The maximum Gasteiger partial charge on any atom is 0.341 e. The lowest BCUT2D eigenvalue weighted by molar-refractivity contribution is -0.139. The van der Waals surface area contributed by atoms with Crippen LogP contribution in [0.25, 0.3) is 6.08 Å². The van der Waals surface area contributed by atoms with Crippen molar-refractivity contribution in [3.63, 3.8) is 0 Å². The summed E-state index contributed by atoms with van der Waals surface area (Å²) < 4.78 is 11.6. The lowest BCUT2D eigenvalue weighted by atomic mass is 10.1. The third-order valence-corrected chi connectivity index (χ3v) is 4.67. The number of aliphatic carboxylic acids is 1. The van der Waals surface area contributed by atoms with Gasteiger partial charge in [-0.05, 0) is 48.4 Å². The van der Waals surface area contributed by atoms with Crippen LogP contribution in [0, 0.1) is 0 Å². The second kappa shape index (κ2) is 9.45. The van der Waals surface area contributed by atoms with Crippen molar-refractivity contribution in [3.8, 4) is 11.5 Å². The zero-order valence-corrected chi connectivity index (χ0v) is 17.6. The first-order valence-corrected chi connectivity index (χ1v) is 9.87. The first-order chi connectivity index (χ1) is 14.4. The number of carboxylic acid groups (broad SMARTS) is 1. The van der Waals surface area contributed by atoms with Crippen LogP contribution in [-0.2, 0) is 16.1 Å². The first-order valence-electron chi connectivity index (χ1n) is 9.07. The molecule has 1 fully saturated rings. The molecule has 1 saturated heterocycles. The van der Waals surface area contributed by atoms with E-state index in [0.717, 1.165) is 14.9 Å². The van der Waals surface area contributed by atoms with E-state index in [9.17, 15) is 14.4 Å². The topological polar surface area (TPSA) is 105 Å². The number of carbonyl (C=O) groups is 3. The van der Waals surface area contributed by atoms with Gasteiger partial charge >= 0.3 is 12.0 Å². The van der Waals surface area contributed by atoms with Crippen molar-refractivity contribution in [2.75, 3.05) is 13.2 Å². The van der Waals surface area contributed by atoms with Gasteiger partial charge in [0.15, 0.2) is 18.1 Å². The first kappa shape index (κ1) is 21.4. The number of hydrogen-bond acceptors (Lipinski definition) is 5. The molecule has 2 aromatic rings. The summed E-state index contributed by atoms with van der Waals surface area (Å²) in [5, 5.41) is 11.4. The Morgan fingerprint density at radius 3 is 2.53 bits per heavy atom. The Kier molecular flexibility index (Phi) is 6.73. The number of nitrogens with zero attached hydrogens (tertiary/aromatic N) is 1. The minimum Gasteiger partial charge on any atom is -0.490 e. The van der Waals surface area contributed by atoms with Crippen LogP contribution in [0.5, 0.6) is 11.5 Å². The van der Waals surface area contributed by atoms with E-state index < -0.39 is 24.5 Å². The molecule has 2 aromatic carbocycles. The number of ether oxygens (including phenoxy) is 2. The Hall–Kier alpha value is -3.33. The van der Waals surface area contributed by atoms with Gasteiger partial charge < -0.3 is 19.9 Å². The molecule has 2 N–H and O–H groups in total. The monoisotopic (exact) mass is 474 g/mol. The Morgan fingerprint density at radius 1 is 1.13 bits per heavy atom. The minimum absolute atomic E-state index is 0.138. The summed E-state index contributed by atoms with van der Waals surface area (Å²) in [6.45, 7) is 1.79. The van der Waals surface area contributed by atoms with Gasteiger partial charge in [-0.15, -0.1) is 0 Å². The van der Waals surface area contributed by atoms with Gasteiger partial charge in [0, 0.05) is 4.47 Å². The highest BCUT2D eigenvalue weighted by Crippen LogP contribution is 2.30. The maximum atomic E-state index is 12.7. The van der Waals surface area contributed by atoms with Crippen LogP contribution in [0.2, 0.25) is 0 Å². The third-order valence-electron chi connectivity index (χ3n) is 4.15. The molecule has 30 heavy (non-hydrogen) atoms. The van der Waals surface area contributed by atoms with E-state index in [1.807, 2.05) is 24.3 Å². The number of hydrogen-bond donors (Lipinski definition) is 2. The van der Waals surface area contributed by atoms with Gasteiger partial charge in [0.05, 0.1) is 13.2 Å². The van der Waals surface area contributed by atoms with Gasteiger partial charge in [0.25, 0.3) is 5.91 Å². The molecule has 1 aliphatic heterocycles. The SMILES string of the molecule is CCOc1cc(/C=C2\NC(=O)N(Cc3ccc(Br)cc3)C2=O)ccc1OCC(=O)O. The molecule has 0 saturated carbocycles. The molecule has 156 valence electrons. The van der Waals surface area contributed by atoms with E-state index in [1.54, 1.807) is 25.1 Å². The molecule has 9 heteroatoms. The van der Waals surface area contributed by atoms with Crippen LogP contribution in [0.3, 0.4) is 0 Å². The molecule has 1 heterocycles. The van der Waals surface area contributed by atoms with Crippen LogP contribution in [0.1, 0.15) is 18.1 Å². The lowest BCUT2D eigenvalue weighted by Gasteiger charge is -2.12. The Balaban J connectivity index is 1.79. The number of amides is 3. The molecule has 0 atom stereocenters. The van der Waals surface area contributed by atoms with Crippen molar-refractivity contribution < 1.29 is 29.0 Å². The third kappa shape index (κ3) is 5.18. The second-order valence-electron chi connectivity index (χ2n) is 6.33. The summed E-state index contributed by atoms with van der Waals surface area (Å²) in [4.78, 5) is 36.8. The fourth-order valence-corrected chi connectivity index (χ4v) is 3.06. The van der Waals surface area contributed by atoms with Crippen molar-refractivity contribution in [3.05, 3.63) is 63.8 Å². The van der Waals surface area contributed by atoms with Crippen LogP contribution in [-0.4, -0.2) is 41.1 Å². The minimum atomic E-state index is -1.10. The smallest absolute Gasteiger partial charge is 0.341 e. The molecule has 0 bridgehead atoms. The number of carboxylic acids is 1. The van der Waals surface area contributed by atoms with Crippen molar-refractivity contribution >= 4 is 39.9 Å². The fraction of sp³-hybridized carbons (Fsp3) is 0.190. The Bertz CT molecular complexity index is 1000. The molecule has 3 amide bonds. The molecular weight excluding hydrogens is 456 g/mol. The number of halogens is 1. The van der Waals surface area contributed by atoms with Gasteiger partial charge in [-0.2, -0.15) is 0 Å². The highest BCUT2D eigenvalue weighted by atomic mass is 79.9. The van der Waals surface area contributed by atoms with Crippen LogP contribution in [0.15, 0.2) is 52.6 Å². The van der Waals surface area contributed by atoms with E-state index >= 15 is 0 Å². The van der Waals surface area contributed by atoms with Crippen molar-refractivity contribution in [2.24, 2.45) is 0 Å². The highest BCUT2D eigenvalue weighted by Gasteiger charge is 2.33. The summed E-state index contributed by atoms with van der Waals surface area (Å²) in [5.41, 5.74) is 1.55. The van der Waals surface area contributed by atoms with Crippen molar-refractivity contribution in [1.29, 1.82) is 0 Å². The summed E-state index contributed by atoms with van der Waals surface area (Å²) in [6, 6.07) is 11.7. The number of benzene rings is 2. The summed E-state index contributed by atoms with van der Waals surface area (Å²) in [7, 11) is 0. The molecule has 1 aliphatic rings. The van der Waals surface area contributed by atoms with Gasteiger partial charge in [-0.3, -0.25) is 9.69 Å². The quantitative estimate of drug-likeness (QED) is 0.448. The van der Waals surface area contributed by atoms with E-state index in [-0.39, 0.29) is 18.0 Å². The average molecular weight is 475 g/mol. The Morgan fingerprint density at radius 2 is 1.87 bits per heavy atom. The van der Waals surface area contributed by atoms with Crippen molar-refractivity contribution in [1.82, 2.24) is 10.2 Å². The van der Waals surface area contributed by atoms with E-state index in [0.29, 0.717) is 17.9 Å². The molecule has 0 aromatic heterocycles. The average Bonchev–Trinajstić information content (AvgIpc) is 2.96. The summed E-state index contributed by atoms with van der Waals surface area (Å²) in [6.07, 6.45) is 1.53. The summed E-state index contributed by atoms with van der Waals surface area (Å²) in [5.74, 6) is -0.919. The van der Waals surface area contributed by atoms with Gasteiger partial charge in [0.2, 0.25) is 0 Å². The maximum absolute atomic E-state index is 12.7. The molecular formula is C21H19BrN2O6. The van der Waals surface area contributed by atoms with E-state index in [1.165, 1.54) is 6.08 Å². The van der Waals surface area contributed by atoms with Crippen LogP contribution < -0.4 is 14.8 Å². The molecule has 0 radical (unpaired) electrons. The normalized spacial score (nSPS) is 14.7. The van der Waals surface area contributed by atoms with Crippen molar-refractivity contribution in [2.45, 2.75) is 13.5 Å². The molecule has 8 nitrogen and oxygen atoms in total. The molecule has 0 spiro atoms. The number of carbonyl (C=O) groups excluding carboxylic acids is 2. The van der Waals surface area contributed by atoms with E-state index in [2.05, 4.69) is 21.2 Å². The number of imide groups is 1. The van der Waals surface area contributed by atoms with Crippen LogP contribution >= 0.6 is 15.9 Å². The number of rotatable bonds is 8. The second-order valence-corrected chi connectivity index (χ2v) is 7.24. The zero-order valence-electron chi connectivity index (χ0n) is 16.1. The zero-order chi connectivity index (χ0) is 21.7. The molecule has 0 unspecified atom stereocenters. The molecule has 0 aliphatic carbocycles. The number of nitrogens with one attached hydrogen (secondary N) is 1. The lowest BCUT2D eigenvalue weighted by Crippen LogP contribution is -2.30. The van der Waals surface area contributed by atoms with Gasteiger partial charge in [-0.1, -0.05) is 34.1 Å². The number of urea groups is 1. The largest absolute Gasteiger partial charge is 0.490 e. The van der Waals surface area contributed by atoms with E-state index in [4.69, 9.17) is 14.6 Å². The predicted molar refractivity (Wildman–Crippen MR) is 112 cm³/mol. The highest BCUT2D eigenvalue weighted by molar-refractivity contribution is 9.10. The fourth-order valence-electron chi connectivity index (χ4n) is 2.80. The predicted octanol–water partition coefficient (Wildman–Crippen LogP) is 3.40. The van der Waals surface area contributed by atoms with Gasteiger partial charge in [0.1, 0.15) is 5.70 Å². The standard InChI is InChI=1S/C21H19BrN2O6/c1-2-29-18-10-14(5-8-17(18)30-12-19(25)26)9-16-20(27)24(21(28)23-16)11-13-3-6-15(22)7-4-13/h3-10H,2,11-12H2,1H3,(H,23,28)(H,25,26)/b16-9-. The molecule has 3 rings (SSSR count). The summed E-state index contributed by atoms with van der Waals surface area (Å²) >= 11 is 3.35. The van der Waals surface area contributed by atoms with Gasteiger partial charge in [-0.25, -0.2) is 9.59 Å². The Labute approximate surface area is 181 Å². The van der Waals surface area contributed by atoms with Crippen LogP contribution in [0.4, 0.5) is 4.79 Å².